The molecule has 0 aliphatic rings. The monoisotopic (exact) mass is 648 g/mol. The second-order valence-corrected chi connectivity index (χ2v) is 12.5. The molecule has 0 N–H and O–H groups in total. The molecular weight excluding hydrogens is 608 g/mol. The summed E-state index contributed by atoms with van der Waals surface area (Å²) in [6.45, 7) is 6.89. The zero-order valence-electron chi connectivity index (χ0n) is 26.2. The normalized spacial score (nSPS) is 12.0. The van der Waals surface area contributed by atoms with Gasteiger partial charge in [0.25, 0.3) is 0 Å². The second-order valence-electron chi connectivity index (χ2n) is 10.6. The first-order valence-electron chi connectivity index (χ1n) is 15.3. The Morgan fingerprint density at radius 2 is 1.76 bits per heavy atom. The molecule has 1 heterocycles. The van der Waals surface area contributed by atoms with Crippen molar-refractivity contribution in [3.05, 3.63) is 101 Å². The number of imidazole rings is 1. The Morgan fingerprint density at radius 3 is 2.47 bits per heavy atom. The van der Waals surface area contributed by atoms with Crippen LogP contribution in [0.2, 0.25) is 5.02 Å². The molecule has 0 bridgehead atoms. The van der Waals surface area contributed by atoms with Crippen LogP contribution in [0.5, 0.6) is 11.5 Å². The highest BCUT2D eigenvalue weighted by Gasteiger charge is 2.12. The zero-order chi connectivity index (χ0) is 32.0. The molecule has 7 nitrogen and oxygen atoms in total. The van der Waals surface area contributed by atoms with Gasteiger partial charge in [0.15, 0.2) is 5.78 Å². The van der Waals surface area contributed by atoms with Gasteiger partial charge in [-0.25, -0.2) is 4.98 Å². The number of methoxy groups -OCH3 is 1. The average molecular weight is 649 g/mol. The van der Waals surface area contributed by atoms with Crippen LogP contribution in [0.25, 0.3) is 17.2 Å². The fourth-order valence-corrected chi connectivity index (χ4v) is 6.18. The number of unbranched alkanes of at least 4 members (excludes halogenated alkanes) is 1. The number of ether oxygens (including phenoxy) is 3. The summed E-state index contributed by atoms with van der Waals surface area (Å²) in [5.74, 6) is 1.59. The van der Waals surface area contributed by atoms with Crippen molar-refractivity contribution in [1.29, 1.82) is 0 Å². The standard InChI is InChI=1S/C36H41ClN2O5S/c1-4-6-18-43-19-20-44-33-13-10-28(11-14-33)30-22-29(36(42-3)35(37)23-30)9-12-32(40)21-27-7-15-34(16-8-27)45(41)25-31-24-38-26-39(31)17-5-2/h7-16,22-24,26H,4-6,17-21,25H2,1-3H3/b12-9+. The van der Waals surface area contributed by atoms with Gasteiger partial charge in [-0.05, 0) is 78.1 Å². The van der Waals surface area contributed by atoms with Crippen molar-refractivity contribution in [2.24, 2.45) is 0 Å². The lowest BCUT2D eigenvalue weighted by Crippen LogP contribution is -2.07. The van der Waals surface area contributed by atoms with Gasteiger partial charge in [0.05, 0.1) is 47.3 Å². The van der Waals surface area contributed by atoms with E-state index in [1.165, 1.54) is 0 Å². The predicted molar refractivity (Wildman–Crippen MR) is 181 cm³/mol. The summed E-state index contributed by atoms with van der Waals surface area (Å²) in [5.41, 5.74) is 4.34. The second kappa shape index (κ2) is 17.7. The first-order chi connectivity index (χ1) is 21.9. The Hall–Kier alpha value is -3.72. The molecule has 0 radical (unpaired) electrons. The topological polar surface area (TPSA) is 79.7 Å². The van der Waals surface area contributed by atoms with Crippen LogP contribution in [0.1, 0.15) is 49.9 Å². The first-order valence-corrected chi connectivity index (χ1v) is 17.0. The van der Waals surface area contributed by atoms with Gasteiger partial charge in [0, 0.05) is 36.2 Å². The van der Waals surface area contributed by atoms with Crippen molar-refractivity contribution in [2.75, 3.05) is 26.9 Å². The van der Waals surface area contributed by atoms with Crippen LogP contribution in [0.3, 0.4) is 0 Å². The number of aryl methyl sites for hydroxylation is 1. The molecule has 3 aromatic carbocycles. The Kier molecular flexibility index (Phi) is 13.4. The zero-order valence-corrected chi connectivity index (χ0v) is 27.7. The number of nitrogens with zero attached hydrogens (tertiary/aromatic N) is 2. The summed E-state index contributed by atoms with van der Waals surface area (Å²) in [4.78, 5) is 17.8. The Morgan fingerprint density at radius 1 is 0.978 bits per heavy atom. The van der Waals surface area contributed by atoms with Gasteiger partial charge >= 0.3 is 0 Å². The van der Waals surface area contributed by atoms with E-state index in [9.17, 15) is 9.00 Å². The van der Waals surface area contributed by atoms with E-state index in [0.29, 0.717) is 35.3 Å². The number of carbonyl (C=O) groups is 1. The summed E-state index contributed by atoms with van der Waals surface area (Å²) in [5, 5.41) is 0.452. The summed E-state index contributed by atoms with van der Waals surface area (Å²) in [6, 6.07) is 18.9. The Balaban J connectivity index is 1.37. The van der Waals surface area contributed by atoms with Gasteiger partial charge in [0.2, 0.25) is 0 Å². The van der Waals surface area contributed by atoms with Crippen LogP contribution in [0.15, 0.2) is 84.2 Å². The van der Waals surface area contributed by atoms with Gasteiger partial charge in [-0.1, -0.05) is 56.1 Å². The summed E-state index contributed by atoms with van der Waals surface area (Å²) >= 11 is 6.58. The lowest BCUT2D eigenvalue weighted by molar-refractivity contribution is -0.113. The molecule has 1 atom stereocenters. The molecule has 0 saturated carbocycles. The molecule has 0 spiro atoms. The molecule has 0 aliphatic carbocycles. The predicted octanol–water partition coefficient (Wildman–Crippen LogP) is 7.95. The minimum atomic E-state index is -1.20. The molecule has 4 aromatic rings. The van der Waals surface area contributed by atoms with Crippen molar-refractivity contribution in [2.45, 2.75) is 56.7 Å². The number of hydrogen-bond donors (Lipinski definition) is 0. The molecule has 1 aromatic heterocycles. The number of hydrogen-bond acceptors (Lipinski definition) is 6. The van der Waals surface area contributed by atoms with Gasteiger partial charge in [-0.2, -0.15) is 0 Å². The Bertz CT molecular complexity index is 1580. The fraction of sp³-hybridized carbons (Fsp3) is 0.333. The Labute approximate surface area is 273 Å². The fourth-order valence-electron chi connectivity index (χ4n) is 4.76. The number of benzene rings is 3. The van der Waals surface area contributed by atoms with Crippen molar-refractivity contribution in [3.8, 4) is 22.6 Å². The molecular formula is C36H41ClN2O5S. The van der Waals surface area contributed by atoms with Crippen molar-refractivity contribution >= 4 is 34.3 Å². The number of ketones is 1. The maximum atomic E-state index is 12.9. The van der Waals surface area contributed by atoms with Crippen LogP contribution >= 0.6 is 11.6 Å². The largest absolute Gasteiger partial charge is 0.495 e. The number of aromatic nitrogens is 2. The van der Waals surface area contributed by atoms with Crippen LogP contribution < -0.4 is 9.47 Å². The molecule has 4 rings (SSSR count). The van der Waals surface area contributed by atoms with Crippen LogP contribution in [0, 0.1) is 0 Å². The quantitative estimate of drug-likeness (QED) is 0.0805. The highest BCUT2D eigenvalue weighted by Crippen LogP contribution is 2.35. The van der Waals surface area contributed by atoms with Crippen molar-refractivity contribution in [1.82, 2.24) is 9.55 Å². The van der Waals surface area contributed by atoms with E-state index < -0.39 is 10.8 Å². The molecule has 0 aliphatic heterocycles. The minimum absolute atomic E-state index is 0.0731. The van der Waals surface area contributed by atoms with Gasteiger partial charge in [-0.15, -0.1) is 0 Å². The highest BCUT2D eigenvalue weighted by molar-refractivity contribution is 7.84. The van der Waals surface area contributed by atoms with E-state index in [2.05, 4.69) is 18.8 Å². The van der Waals surface area contributed by atoms with Crippen LogP contribution in [-0.4, -0.2) is 46.5 Å². The third kappa shape index (κ3) is 10.1. The van der Waals surface area contributed by atoms with E-state index in [1.807, 2.05) is 65.2 Å². The molecule has 238 valence electrons. The first kappa shape index (κ1) is 34.2. The van der Waals surface area contributed by atoms with E-state index in [1.54, 1.807) is 31.8 Å². The maximum absolute atomic E-state index is 12.9. The number of halogens is 1. The smallest absolute Gasteiger partial charge is 0.160 e. The molecule has 0 fully saturated rings. The molecule has 0 amide bonds. The van der Waals surface area contributed by atoms with E-state index in [4.69, 9.17) is 25.8 Å². The van der Waals surface area contributed by atoms with Crippen molar-refractivity contribution in [3.63, 3.8) is 0 Å². The highest BCUT2D eigenvalue weighted by atomic mass is 35.5. The van der Waals surface area contributed by atoms with E-state index in [-0.39, 0.29) is 12.2 Å². The molecule has 1 unspecified atom stereocenters. The number of allylic oxidation sites excluding steroid dienone is 1. The van der Waals surface area contributed by atoms with Gasteiger partial charge < -0.3 is 18.8 Å². The number of rotatable bonds is 18. The van der Waals surface area contributed by atoms with Gasteiger partial charge in [0.1, 0.15) is 18.1 Å². The third-order valence-electron chi connectivity index (χ3n) is 7.16. The number of carbonyl (C=O) groups excluding carboxylic acids is 1. The maximum Gasteiger partial charge on any atom is 0.160 e. The average Bonchev–Trinajstić information content (AvgIpc) is 3.48. The van der Waals surface area contributed by atoms with Crippen LogP contribution in [0.4, 0.5) is 0 Å². The molecule has 9 heteroatoms. The minimum Gasteiger partial charge on any atom is -0.495 e. The van der Waals surface area contributed by atoms with Crippen molar-refractivity contribution < 1.29 is 23.2 Å². The summed E-state index contributed by atoms with van der Waals surface area (Å²) < 4.78 is 31.9. The lowest BCUT2D eigenvalue weighted by Gasteiger charge is -2.12. The lowest BCUT2D eigenvalue weighted by atomic mass is 10.0. The van der Waals surface area contributed by atoms with Crippen LogP contribution in [-0.2, 0) is 39.0 Å². The summed E-state index contributed by atoms with van der Waals surface area (Å²) in [7, 11) is 0.354. The third-order valence-corrected chi connectivity index (χ3v) is 8.79. The van der Waals surface area contributed by atoms with E-state index >= 15 is 0 Å². The van der Waals surface area contributed by atoms with E-state index in [0.717, 1.165) is 65.4 Å². The summed E-state index contributed by atoms with van der Waals surface area (Å²) in [6.07, 6.45) is 10.2. The molecule has 45 heavy (non-hydrogen) atoms. The molecule has 0 saturated heterocycles. The van der Waals surface area contributed by atoms with Gasteiger partial charge in [-0.3, -0.25) is 9.00 Å². The SMILES string of the molecule is CCCCOCCOc1ccc(-c2cc(Cl)c(OC)c(/C=C/C(=O)Cc3ccc(S(=O)Cc4cncn4CCC)cc3)c2)cc1.